The Morgan fingerprint density at radius 2 is 1.55 bits per heavy atom. The van der Waals surface area contributed by atoms with Crippen LogP contribution in [-0.2, 0) is 29.0 Å². The molecule has 9 heteroatoms. The van der Waals surface area contributed by atoms with Crippen LogP contribution in [-0.4, -0.2) is 64.6 Å². The van der Waals surface area contributed by atoms with E-state index in [1.165, 1.54) is 35.4 Å². The number of carbonyl (C=O) groups excluding carboxylic acids is 2. The summed E-state index contributed by atoms with van der Waals surface area (Å²) in [5, 5.41) is 0. The van der Waals surface area contributed by atoms with E-state index in [1.54, 1.807) is 6.07 Å². The predicted molar refractivity (Wildman–Crippen MR) is 171 cm³/mol. The monoisotopic (exact) mass is 608 g/mol. The summed E-state index contributed by atoms with van der Waals surface area (Å²) in [6.07, 6.45) is 1.39. The average molecular weight is 609 g/mol. The van der Waals surface area contributed by atoms with Gasteiger partial charge < -0.3 is 9.64 Å². The molecule has 0 amide bonds. The normalized spacial score (nSPS) is 14.1. The lowest BCUT2D eigenvalue weighted by atomic mass is 10.0. The van der Waals surface area contributed by atoms with E-state index in [9.17, 15) is 9.59 Å². The first-order valence-corrected chi connectivity index (χ1v) is 15.5. The maximum absolute atomic E-state index is 15.1. The molecule has 1 fully saturated rings. The molecule has 1 aliphatic heterocycles. The van der Waals surface area contributed by atoms with Crippen molar-refractivity contribution in [1.29, 1.82) is 0 Å². The molecule has 5 aromatic rings. The molecule has 224 valence electrons. The van der Waals surface area contributed by atoms with Crippen molar-refractivity contribution in [2.24, 2.45) is 0 Å². The van der Waals surface area contributed by atoms with Crippen LogP contribution in [0.3, 0.4) is 0 Å². The molecule has 0 radical (unpaired) electrons. The summed E-state index contributed by atoms with van der Waals surface area (Å²) in [6.45, 7) is 5.28. The quantitative estimate of drug-likeness (QED) is 0.162. The molecular formula is C35H33FN4O3S. The van der Waals surface area contributed by atoms with Crippen LogP contribution in [0.2, 0.25) is 0 Å². The molecule has 3 aromatic carbocycles. The standard InChI is InChI=1S/C35H33FN4O3S/c1-39-13-15-40(16-14-39)22-25-7-10-27(11-8-25)33-21-31-34(44-33)35(38-23-37-31)43-32-12-9-26(19-30(32)36)18-29(42)20-28(41)17-24-5-3-2-4-6-24/h2-12,19,21,23H,13-18,20,22H2,1H3. The molecule has 0 unspecified atom stereocenters. The fraction of sp³-hybridized carbons (Fsp3) is 0.257. The molecule has 0 aliphatic carbocycles. The molecular weight excluding hydrogens is 575 g/mol. The number of likely N-dealkylation sites (N-methyl/N-ethyl adjacent to an activating group) is 1. The summed E-state index contributed by atoms with van der Waals surface area (Å²) >= 11 is 1.50. The third kappa shape index (κ3) is 7.42. The van der Waals surface area contributed by atoms with E-state index in [0.717, 1.165) is 58.9 Å². The zero-order valence-corrected chi connectivity index (χ0v) is 25.4. The fourth-order valence-electron chi connectivity index (χ4n) is 5.32. The van der Waals surface area contributed by atoms with Crippen molar-refractivity contribution in [3.63, 3.8) is 0 Å². The van der Waals surface area contributed by atoms with E-state index < -0.39 is 5.82 Å². The summed E-state index contributed by atoms with van der Waals surface area (Å²) < 4.78 is 21.7. The van der Waals surface area contributed by atoms with Crippen LogP contribution >= 0.6 is 11.3 Å². The Hall–Kier alpha value is -4.31. The summed E-state index contributed by atoms with van der Waals surface area (Å²) in [7, 11) is 2.16. The third-order valence-electron chi connectivity index (χ3n) is 7.76. The van der Waals surface area contributed by atoms with Crippen LogP contribution in [0.15, 0.2) is 85.2 Å². The van der Waals surface area contributed by atoms with Gasteiger partial charge in [0.05, 0.1) is 11.9 Å². The second kappa shape index (κ2) is 13.5. The van der Waals surface area contributed by atoms with Gasteiger partial charge in [0, 0.05) is 50.4 Å². The van der Waals surface area contributed by atoms with Gasteiger partial charge in [0.15, 0.2) is 11.6 Å². The molecule has 0 bridgehead atoms. The number of piperazine rings is 1. The number of carbonyl (C=O) groups is 2. The minimum Gasteiger partial charge on any atom is -0.434 e. The highest BCUT2D eigenvalue weighted by Crippen LogP contribution is 2.38. The number of Topliss-reactive ketones (excluding diaryl/α,β-unsaturated/α-hetero) is 2. The van der Waals surface area contributed by atoms with Gasteiger partial charge in [0.2, 0.25) is 5.88 Å². The Bertz CT molecular complexity index is 1770. The number of ether oxygens (including phenoxy) is 1. The Morgan fingerprint density at radius 1 is 0.841 bits per heavy atom. The Labute approximate surface area is 259 Å². The lowest BCUT2D eigenvalue weighted by Crippen LogP contribution is -2.43. The number of aromatic nitrogens is 2. The molecule has 1 aliphatic rings. The summed E-state index contributed by atoms with van der Waals surface area (Å²) in [4.78, 5) is 39.3. The van der Waals surface area contributed by atoms with E-state index in [-0.39, 0.29) is 42.5 Å². The van der Waals surface area contributed by atoms with Crippen LogP contribution in [0.4, 0.5) is 4.39 Å². The molecule has 3 heterocycles. The highest BCUT2D eigenvalue weighted by molar-refractivity contribution is 7.22. The van der Waals surface area contributed by atoms with Crippen molar-refractivity contribution in [2.45, 2.75) is 25.8 Å². The first-order valence-electron chi connectivity index (χ1n) is 14.7. The number of benzene rings is 3. The number of halogens is 1. The molecule has 0 N–H and O–H groups in total. The Balaban J connectivity index is 1.09. The van der Waals surface area contributed by atoms with Crippen molar-refractivity contribution in [2.75, 3.05) is 33.2 Å². The van der Waals surface area contributed by atoms with Crippen molar-refractivity contribution >= 4 is 33.1 Å². The Kier molecular flexibility index (Phi) is 9.16. The lowest BCUT2D eigenvalue weighted by molar-refractivity contribution is -0.126. The number of rotatable bonds is 11. The fourth-order valence-corrected chi connectivity index (χ4v) is 6.37. The first-order chi connectivity index (χ1) is 21.4. The predicted octanol–water partition coefficient (Wildman–Crippen LogP) is 6.35. The summed E-state index contributed by atoms with van der Waals surface area (Å²) in [6, 6.07) is 24.3. The van der Waals surface area contributed by atoms with Crippen LogP contribution in [0.1, 0.15) is 23.1 Å². The first kappa shape index (κ1) is 29.7. The summed E-state index contributed by atoms with van der Waals surface area (Å²) in [5.41, 5.74) is 4.42. The molecule has 0 spiro atoms. The smallest absolute Gasteiger partial charge is 0.240 e. The van der Waals surface area contributed by atoms with Crippen LogP contribution < -0.4 is 4.74 Å². The number of ketones is 2. The molecule has 44 heavy (non-hydrogen) atoms. The number of nitrogens with zero attached hydrogens (tertiary/aromatic N) is 4. The van der Waals surface area contributed by atoms with Gasteiger partial charge in [-0.05, 0) is 47.5 Å². The van der Waals surface area contributed by atoms with Gasteiger partial charge >= 0.3 is 0 Å². The maximum atomic E-state index is 15.1. The molecule has 0 saturated carbocycles. The molecule has 6 rings (SSSR count). The topological polar surface area (TPSA) is 75.6 Å². The van der Waals surface area contributed by atoms with E-state index in [2.05, 4.69) is 51.1 Å². The number of fused-ring (bicyclic) bond motifs is 1. The Morgan fingerprint density at radius 3 is 2.27 bits per heavy atom. The molecule has 0 atom stereocenters. The van der Waals surface area contributed by atoms with E-state index in [1.807, 2.05) is 36.4 Å². The highest BCUT2D eigenvalue weighted by atomic mass is 32.1. The van der Waals surface area contributed by atoms with Gasteiger partial charge in [-0.15, -0.1) is 11.3 Å². The second-order valence-corrected chi connectivity index (χ2v) is 12.3. The van der Waals surface area contributed by atoms with Gasteiger partial charge in [0.1, 0.15) is 22.6 Å². The number of thiophene rings is 1. The maximum Gasteiger partial charge on any atom is 0.240 e. The average Bonchev–Trinajstić information content (AvgIpc) is 3.46. The van der Waals surface area contributed by atoms with Gasteiger partial charge in [-0.2, -0.15) is 0 Å². The van der Waals surface area contributed by atoms with E-state index >= 15 is 4.39 Å². The SMILES string of the molecule is CN1CCN(Cc2ccc(-c3cc4ncnc(Oc5ccc(CC(=O)CC(=O)Cc6ccccc6)cc5F)c4s3)cc2)CC1. The van der Waals surface area contributed by atoms with E-state index in [0.29, 0.717) is 5.56 Å². The van der Waals surface area contributed by atoms with Crippen molar-refractivity contribution in [3.05, 3.63) is 108 Å². The minimum absolute atomic E-state index is 0.00422. The molecule has 7 nitrogen and oxygen atoms in total. The van der Waals surface area contributed by atoms with Crippen molar-refractivity contribution in [3.8, 4) is 22.1 Å². The van der Waals surface area contributed by atoms with Crippen LogP contribution in [0.25, 0.3) is 20.7 Å². The largest absolute Gasteiger partial charge is 0.434 e. The second-order valence-electron chi connectivity index (χ2n) is 11.2. The van der Waals surface area contributed by atoms with Gasteiger partial charge in [-0.1, -0.05) is 60.7 Å². The van der Waals surface area contributed by atoms with Gasteiger partial charge in [0.25, 0.3) is 0 Å². The summed E-state index contributed by atoms with van der Waals surface area (Å²) in [5.74, 6) is -0.747. The number of hydrogen-bond acceptors (Lipinski definition) is 8. The zero-order chi connectivity index (χ0) is 30.5. The van der Waals surface area contributed by atoms with Gasteiger partial charge in [-0.3, -0.25) is 14.5 Å². The molecule has 1 saturated heterocycles. The molecule has 2 aromatic heterocycles. The van der Waals surface area contributed by atoms with Crippen molar-refractivity contribution < 1.29 is 18.7 Å². The zero-order valence-electron chi connectivity index (χ0n) is 24.5. The third-order valence-corrected chi connectivity index (χ3v) is 8.92. The minimum atomic E-state index is -0.606. The van der Waals surface area contributed by atoms with Gasteiger partial charge in [-0.25, -0.2) is 14.4 Å². The van der Waals surface area contributed by atoms with Crippen LogP contribution in [0.5, 0.6) is 11.6 Å². The highest BCUT2D eigenvalue weighted by Gasteiger charge is 2.17. The van der Waals surface area contributed by atoms with Crippen LogP contribution in [0, 0.1) is 5.82 Å². The lowest BCUT2D eigenvalue weighted by Gasteiger charge is -2.32. The van der Waals surface area contributed by atoms with Crippen molar-refractivity contribution in [1.82, 2.24) is 19.8 Å². The number of hydrogen-bond donors (Lipinski definition) is 0. The van der Waals surface area contributed by atoms with E-state index in [4.69, 9.17) is 4.74 Å².